The lowest BCUT2D eigenvalue weighted by atomic mass is 10.3. The second-order valence-electron chi connectivity index (χ2n) is 3.45. The maximum absolute atomic E-state index is 11.9. The summed E-state index contributed by atoms with van der Waals surface area (Å²) in [4.78, 5) is 18.7. The number of carbonyl (C=O) groups is 1. The van der Waals surface area contributed by atoms with E-state index in [1.807, 2.05) is 0 Å². The predicted octanol–water partition coefficient (Wildman–Crippen LogP) is -1.07. The summed E-state index contributed by atoms with van der Waals surface area (Å²) >= 11 is 0. The first-order valence-corrected chi connectivity index (χ1v) is 6.62. The van der Waals surface area contributed by atoms with Gasteiger partial charge in [-0.2, -0.15) is 4.72 Å². The van der Waals surface area contributed by atoms with Gasteiger partial charge in [0.2, 0.25) is 21.9 Å². The molecule has 0 aromatic carbocycles. The summed E-state index contributed by atoms with van der Waals surface area (Å²) in [6.07, 6.45) is 2.33. The summed E-state index contributed by atoms with van der Waals surface area (Å²) in [7, 11) is -0.754. The summed E-state index contributed by atoms with van der Waals surface area (Å²) < 4.78 is 26.0. The van der Waals surface area contributed by atoms with Crippen molar-refractivity contribution in [3.63, 3.8) is 0 Å². The number of sulfonamides is 1. The van der Waals surface area contributed by atoms with Crippen LogP contribution in [-0.4, -0.2) is 44.4 Å². The summed E-state index contributed by atoms with van der Waals surface area (Å²) in [6.45, 7) is 1.44. The van der Waals surface area contributed by atoms with E-state index in [-0.39, 0.29) is 4.90 Å². The number of hydrogen-bond acceptors (Lipinski definition) is 6. The van der Waals surface area contributed by atoms with Crippen molar-refractivity contribution >= 4 is 21.9 Å². The van der Waals surface area contributed by atoms with Crippen LogP contribution in [0.5, 0.6) is 0 Å². The molecule has 0 aliphatic rings. The van der Waals surface area contributed by atoms with Gasteiger partial charge in [0.1, 0.15) is 4.90 Å². The molecule has 0 fully saturated rings. The molecule has 0 saturated heterocycles. The van der Waals surface area contributed by atoms with E-state index < -0.39 is 22.0 Å². The first-order valence-electron chi connectivity index (χ1n) is 5.14. The van der Waals surface area contributed by atoms with Crippen molar-refractivity contribution in [1.82, 2.24) is 20.0 Å². The quantitative estimate of drug-likeness (QED) is 0.629. The van der Waals surface area contributed by atoms with Crippen LogP contribution in [0.15, 0.2) is 17.3 Å². The van der Waals surface area contributed by atoms with Crippen molar-refractivity contribution < 1.29 is 13.2 Å². The van der Waals surface area contributed by atoms with Gasteiger partial charge in [-0.1, -0.05) is 0 Å². The molecular formula is C9H15N5O3S. The van der Waals surface area contributed by atoms with Crippen LogP contribution in [-0.2, 0) is 14.8 Å². The molecule has 100 valence electrons. The Balaban J connectivity index is 2.89. The Hall–Kier alpha value is -1.74. The topological polar surface area (TPSA) is 113 Å². The van der Waals surface area contributed by atoms with Crippen molar-refractivity contribution in [3.8, 4) is 0 Å². The Morgan fingerprint density at radius 3 is 2.28 bits per heavy atom. The predicted molar refractivity (Wildman–Crippen MR) is 65.4 cm³/mol. The van der Waals surface area contributed by atoms with Gasteiger partial charge in [-0.15, -0.1) is 0 Å². The zero-order valence-corrected chi connectivity index (χ0v) is 11.1. The molecule has 0 aliphatic carbocycles. The number of rotatable bonds is 5. The number of aromatic nitrogens is 2. The Morgan fingerprint density at radius 2 is 1.83 bits per heavy atom. The van der Waals surface area contributed by atoms with E-state index in [9.17, 15) is 13.2 Å². The summed E-state index contributed by atoms with van der Waals surface area (Å²) in [6, 6.07) is -0.871. The van der Waals surface area contributed by atoms with E-state index in [2.05, 4.69) is 25.3 Å². The van der Waals surface area contributed by atoms with Crippen molar-refractivity contribution in [2.75, 3.05) is 19.4 Å². The molecule has 18 heavy (non-hydrogen) atoms. The zero-order valence-electron chi connectivity index (χ0n) is 10.3. The monoisotopic (exact) mass is 273 g/mol. The molecule has 1 unspecified atom stereocenters. The largest absolute Gasteiger partial charge is 0.358 e. The maximum Gasteiger partial charge on any atom is 0.244 e. The van der Waals surface area contributed by atoms with Crippen LogP contribution in [0, 0.1) is 0 Å². The van der Waals surface area contributed by atoms with E-state index in [0.717, 1.165) is 12.4 Å². The lowest BCUT2D eigenvalue weighted by molar-refractivity contribution is -0.121. The van der Waals surface area contributed by atoms with Gasteiger partial charge >= 0.3 is 0 Å². The van der Waals surface area contributed by atoms with E-state index in [0.29, 0.717) is 5.95 Å². The molecule has 1 rings (SSSR count). The molecule has 8 nitrogen and oxygen atoms in total. The fraction of sp³-hybridized carbons (Fsp3) is 0.444. The molecule has 1 amide bonds. The highest BCUT2D eigenvalue weighted by atomic mass is 32.2. The SMILES string of the molecule is CNC(=O)C(C)NS(=O)(=O)c1cnc(NC)nc1. The number of likely N-dealkylation sites (N-methyl/N-ethyl adjacent to an activating group) is 1. The number of amides is 1. The van der Waals surface area contributed by atoms with Crippen molar-refractivity contribution in [1.29, 1.82) is 0 Å². The van der Waals surface area contributed by atoms with Crippen LogP contribution in [0.1, 0.15) is 6.92 Å². The highest BCUT2D eigenvalue weighted by molar-refractivity contribution is 7.89. The van der Waals surface area contributed by atoms with Crippen LogP contribution >= 0.6 is 0 Å². The maximum atomic E-state index is 11.9. The van der Waals surface area contributed by atoms with Gasteiger partial charge in [-0.3, -0.25) is 4.79 Å². The van der Waals surface area contributed by atoms with E-state index in [1.54, 1.807) is 7.05 Å². The van der Waals surface area contributed by atoms with E-state index in [1.165, 1.54) is 14.0 Å². The third-order valence-electron chi connectivity index (χ3n) is 2.13. The van der Waals surface area contributed by atoms with E-state index in [4.69, 9.17) is 0 Å². The highest BCUT2D eigenvalue weighted by Gasteiger charge is 2.21. The number of hydrogen-bond donors (Lipinski definition) is 3. The standard InChI is InChI=1S/C9H15N5O3S/c1-6(8(15)10-2)14-18(16,17)7-4-12-9(11-3)13-5-7/h4-6,14H,1-3H3,(H,10,15)(H,11,12,13). The molecule has 1 aromatic heterocycles. The van der Waals surface area contributed by atoms with Crippen LogP contribution in [0.2, 0.25) is 0 Å². The lowest BCUT2D eigenvalue weighted by Gasteiger charge is -2.12. The third kappa shape index (κ3) is 3.37. The van der Waals surface area contributed by atoms with Gasteiger partial charge in [0.05, 0.1) is 18.4 Å². The first-order chi connectivity index (χ1) is 8.40. The average molecular weight is 273 g/mol. The van der Waals surface area contributed by atoms with Gasteiger partial charge in [0.15, 0.2) is 0 Å². The molecule has 0 bridgehead atoms. The Kier molecular flexibility index (Phi) is 4.56. The minimum absolute atomic E-state index is 0.0998. The Labute approximate surface area is 105 Å². The molecule has 1 atom stereocenters. The Morgan fingerprint density at radius 1 is 1.28 bits per heavy atom. The van der Waals surface area contributed by atoms with Crippen molar-refractivity contribution in [2.24, 2.45) is 0 Å². The van der Waals surface area contributed by atoms with Crippen LogP contribution < -0.4 is 15.4 Å². The van der Waals surface area contributed by atoms with Gasteiger partial charge < -0.3 is 10.6 Å². The fourth-order valence-corrected chi connectivity index (χ4v) is 2.25. The van der Waals surface area contributed by atoms with Gasteiger partial charge in [-0.05, 0) is 6.92 Å². The van der Waals surface area contributed by atoms with E-state index >= 15 is 0 Å². The van der Waals surface area contributed by atoms with Crippen molar-refractivity contribution in [2.45, 2.75) is 17.9 Å². The zero-order chi connectivity index (χ0) is 13.8. The van der Waals surface area contributed by atoms with Crippen molar-refractivity contribution in [3.05, 3.63) is 12.4 Å². The molecule has 1 heterocycles. The number of carbonyl (C=O) groups excluding carboxylic acids is 1. The molecule has 0 radical (unpaired) electrons. The molecule has 9 heteroatoms. The Bertz CT molecular complexity index is 514. The minimum atomic E-state index is -3.80. The first kappa shape index (κ1) is 14.3. The molecule has 3 N–H and O–H groups in total. The molecule has 0 saturated carbocycles. The van der Waals surface area contributed by atoms with Crippen LogP contribution in [0.25, 0.3) is 0 Å². The second kappa shape index (κ2) is 5.74. The lowest BCUT2D eigenvalue weighted by Crippen LogP contribution is -2.43. The summed E-state index contributed by atoms with van der Waals surface area (Å²) in [5, 5.41) is 5.02. The molecular weight excluding hydrogens is 258 g/mol. The van der Waals surface area contributed by atoms with Gasteiger partial charge in [0, 0.05) is 14.1 Å². The van der Waals surface area contributed by atoms with Crippen LogP contribution in [0.4, 0.5) is 5.95 Å². The molecule has 1 aromatic rings. The normalized spacial score (nSPS) is 12.8. The summed E-state index contributed by atoms with van der Waals surface area (Å²) in [5.74, 6) is -0.111. The third-order valence-corrected chi connectivity index (χ3v) is 3.63. The van der Waals surface area contributed by atoms with Gasteiger partial charge in [-0.25, -0.2) is 18.4 Å². The number of anilines is 1. The summed E-state index contributed by atoms with van der Waals surface area (Å²) in [5.41, 5.74) is 0. The molecule has 0 spiro atoms. The average Bonchev–Trinajstić information content (AvgIpc) is 2.37. The van der Waals surface area contributed by atoms with Gasteiger partial charge in [0.25, 0.3) is 0 Å². The molecule has 0 aliphatic heterocycles. The number of nitrogens with one attached hydrogen (secondary N) is 3. The highest BCUT2D eigenvalue weighted by Crippen LogP contribution is 2.07. The second-order valence-corrected chi connectivity index (χ2v) is 5.16. The fourth-order valence-electron chi connectivity index (χ4n) is 1.15. The smallest absolute Gasteiger partial charge is 0.244 e. The number of nitrogens with zero attached hydrogens (tertiary/aromatic N) is 2. The minimum Gasteiger partial charge on any atom is -0.358 e. The van der Waals surface area contributed by atoms with Crippen LogP contribution in [0.3, 0.4) is 0 Å².